The summed E-state index contributed by atoms with van der Waals surface area (Å²) in [7, 11) is 0. The first kappa shape index (κ1) is 14.8. The van der Waals surface area contributed by atoms with Crippen molar-refractivity contribution in [2.45, 2.75) is 41.2 Å². The molecular weight excluding hydrogens is 274 g/mol. The van der Waals surface area contributed by atoms with E-state index >= 15 is 0 Å². The van der Waals surface area contributed by atoms with Crippen LogP contribution in [0.2, 0.25) is 0 Å². The summed E-state index contributed by atoms with van der Waals surface area (Å²) in [6.45, 7) is 10.5. The first-order chi connectivity index (χ1) is 6.32. The average Bonchev–Trinajstić information content (AvgIpc) is 2.34. The van der Waals surface area contributed by atoms with E-state index in [0.717, 1.165) is 0 Å². The number of hydrogen-bond acceptors (Lipinski definition) is 2. The van der Waals surface area contributed by atoms with E-state index in [1.54, 1.807) is 11.3 Å². The molecule has 0 saturated heterocycles. The third-order valence-electron chi connectivity index (χ3n) is 2.45. The highest BCUT2D eigenvalue weighted by Gasteiger charge is 2.26. The van der Waals surface area contributed by atoms with Crippen molar-refractivity contribution in [1.29, 1.82) is 0 Å². The molecular formula is C11H18BrNOS. The van der Waals surface area contributed by atoms with Crippen molar-refractivity contribution in [2.75, 3.05) is 0 Å². The molecule has 0 aliphatic rings. The van der Waals surface area contributed by atoms with Gasteiger partial charge in [0.2, 0.25) is 17.8 Å². The van der Waals surface area contributed by atoms with Crippen LogP contribution in [0.4, 0.5) is 0 Å². The molecule has 0 unspecified atom stereocenters. The fourth-order valence-corrected chi connectivity index (χ4v) is 1.86. The van der Waals surface area contributed by atoms with E-state index in [9.17, 15) is 4.79 Å². The molecule has 0 atom stereocenters. The number of nitrogens with zero attached hydrogens (tertiary/aromatic N) is 1. The van der Waals surface area contributed by atoms with E-state index in [4.69, 9.17) is 0 Å². The molecule has 4 heteroatoms. The largest absolute Gasteiger partial charge is 1.00 e. The van der Waals surface area contributed by atoms with Gasteiger partial charge in [-0.1, -0.05) is 32.1 Å². The van der Waals surface area contributed by atoms with Gasteiger partial charge in [-0.25, -0.2) is 0 Å². The first-order valence-electron chi connectivity index (χ1n) is 4.80. The van der Waals surface area contributed by atoms with Crippen LogP contribution in [0.15, 0.2) is 5.51 Å². The zero-order chi connectivity index (χ0) is 10.9. The lowest BCUT2D eigenvalue weighted by Gasteiger charge is -2.13. The van der Waals surface area contributed by atoms with E-state index in [0.29, 0.717) is 6.54 Å². The van der Waals surface area contributed by atoms with Gasteiger partial charge in [0.1, 0.15) is 0 Å². The van der Waals surface area contributed by atoms with Crippen molar-refractivity contribution < 1.29 is 26.3 Å². The van der Waals surface area contributed by atoms with Crippen LogP contribution in [-0.4, -0.2) is 5.78 Å². The fourth-order valence-electron chi connectivity index (χ4n) is 1.06. The van der Waals surface area contributed by atoms with Gasteiger partial charge in [0, 0.05) is 12.3 Å². The quantitative estimate of drug-likeness (QED) is 0.659. The van der Waals surface area contributed by atoms with Gasteiger partial charge in [-0.15, -0.1) is 0 Å². The van der Waals surface area contributed by atoms with Crippen molar-refractivity contribution in [2.24, 2.45) is 5.41 Å². The van der Waals surface area contributed by atoms with Crippen molar-refractivity contribution >= 4 is 17.1 Å². The van der Waals surface area contributed by atoms with Crippen molar-refractivity contribution in [3.8, 4) is 0 Å². The maximum absolute atomic E-state index is 11.8. The second-order valence-corrected chi connectivity index (χ2v) is 5.72. The van der Waals surface area contributed by atoms with Crippen molar-refractivity contribution in [1.82, 2.24) is 0 Å². The molecule has 0 amide bonds. The molecule has 86 valence electrons. The summed E-state index contributed by atoms with van der Waals surface area (Å²) < 4.78 is 2.04. The lowest BCUT2D eigenvalue weighted by molar-refractivity contribution is -0.686. The minimum Gasteiger partial charge on any atom is -1.00 e. The summed E-state index contributed by atoms with van der Waals surface area (Å²) in [4.78, 5) is 13.1. The van der Waals surface area contributed by atoms with Crippen LogP contribution in [0, 0.1) is 19.3 Å². The predicted octanol–water partition coefficient (Wildman–Crippen LogP) is -0.728. The molecule has 0 aliphatic heterocycles. The highest BCUT2D eigenvalue weighted by Crippen LogP contribution is 2.15. The number of halogens is 1. The van der Waals surface area contributed by atoms with Crippen LogP contribution in [-0.2, 0) is 11.3 Å². The lowest BCUT2D eigenvalue weighted by atomic mass is 9.91. The third-order valence-corrected chi connectivity index (χ3v) is 3.46. The van der Waals surface area contributed by atoms with Gasteiger partial charge in [-0.2, -0.15) is 4.57 Å². The molecule has 1 aromatic rings. The van der Waals surface area contributed by atoms with Gasteiger partial charge in [-0.05, 0) is 6.92 Å². The number of ketones is 1. The number of carbonyl (C=O) groups is 1. The zero-order valence-corrected chi connectivity index (χ0v) is 12.3. The van der Waals surface area contributed by atoms with Crippen LogP contribution in [0.1, 0.15) is 31.3 Å². The maximum atomic E-state index is 11.8. The highest BCUT2D eigenvalue weighted by atomic mass is 79.9. The van der Waals surface area contributed by atoms with Crippen LogP contribution >= 0.6 is 11.3 Å². The van der Waals surface area contributed by atoms with E-state index in [1.165, 1.54) is 10.6 Å². The minimum absolute atomic E-state index is 0. The van der Waals surface area contributed by atoms with Crippen LogP contribution in [0.25, 0.3) is 0 Å². The maximum Gasteiger partial charge on any atom is 0.225 e. The average molecular weight is 292 g/mol. The second kappa shape index (κ2) is 5.21. The number of rotatable bonds is 2. The topological polar surface area (TPSA) is 20.9 Å². The van der Waals surface area contributed by atoms with Gasteiger partial charge in [0.15, 0.2) is 5.69 Å². The Hall–Kier alpha value is -0.220. The van der Waals surface area contributed by atoms with Crippen LogP contribution < -0.4 is 21.5 Å². The molecule has 1 rings (SSSR count). The van der Waals surface area contributed by atoms with Crippen LogP contribution in [0.3, 0.4) is 0 Å². The van der Waals surface area contributed by atoms with E-state index in [-0.39, 0.29) is 28.2 Å². The molecule has 0 spiro atoms. The number of Topliss-reactive ketones (excluding diaryl/α,β-unsaturated/α-hetero) is 1. The molecule has 0 radical (unpaired) electrons. The molecule has 15 heavy (non-hydrogen) atoms. The predicted molar refractivity (Wildman–Crippen MR) is 58.5 cm³/mol. The lowest BCUT2D eigenvalue weighted by Crippen LogP contribution is -3.00. The molecule has 0 aromatic carbocycles. The summed E-state index contributed by atoms with van der Waals surface area (Å²) in [5.41, 5.74) is 2.98. The minimum atomic E-state index is -0.241. The van der Waals surface area contributed by atoms with E-state index < -0.39 is 0 Å². The molecule has 2 nitrogen and oxygen atoms in total. The number of thiazole rings is 1. The van der Waals surface area contributed by atoms with Gasteiger partial charge in [0.25, 0.3) is 0 Å². The summed E-state index contributed by atoms with van der Waals surface area (Å²) in [6, 6.07) is 0. The monoisotopic (exact) mass is 291 g/mol. The number of carbonyl (C=O) groups excluding carboxylic acids is 1. The van der Waals surface area contributed by atoms with Crippen molar-refractivity contribution in [3.05, 3.63) is 16.1 Å². The SMILES string of the molecule is Cc1sc[n+](CC(=O)C(C)(C)C)c1C.[Br-]. The van der Waals surface area contributed by atoms with Gasteiger partial charge in [0.05, 0.1) is 4.88 Å². The van der Waals surface area contributed by atoms with Gasteiger partial charge >= 0.3 is 0 Å². The highest BCUT2D eigenvalue weighted by molar-refractivity contribution is 7.09. The summed E-state index contributed by atoms with van der Waals surface area (Å²) in [5, 5.41) is 0. The second-order valence-electron chi connectivity index (χ2n) is 4.67. The Balaban J connectivity index is 0.00000196. The molecule has 0 fully saturated rings. The smallest absolute Gasteiger partial charge is 0.225 e. The first-order valence-corrected chi connectivity index (χ1v) is 5.68. The Morgan fingerprint density at radius 2 is 1.93 bits per heavy atom. The molecule has 1 heterocycles. The number of aryl methyl sites for hydroxylation is 1. The molecule has 0 N–H and O–H groups in total. The Labute approximate surface area is 106 Å². The van der Waals surface area contributed by atoms with Gasteiger partial charge < -0.3 is 17.0 Å². The molecule has 1 aromatic heterocycles. The summed E-state index contributed by atoms with van der Waals surface area (Å²) >= 11 is 1.69. The van der Waals surface area contributed by atoms with E-state index in [2.05, 4.69) is 13.8 Å². The van der Waals surface area contributed by atoms with E-state index in [1.807, 2.05) is 30.8 Å². The van der Waals surface area contributed by atoms with Gasteiger partial charge in [-0.3, -0.25) is 4.79 Å². The Morgan fingerprint density at radius 1 is 1.40 bits per heavy atom. The molecule has 0 aliphatic carbocycles. The third kappa shape index (κ3) is 3.68. The molecule has 0 bridgehead atoms. The summed E-state index contributed by atoms with van der Waals surface area (Å²) in [6.07, 6.45) is 0. The Kier molecular flexibility index (Phi) is 5.14. The zero-order valence-electron chi connectivity index (χ0n) is 9.93. The Bertz CT molecular complexity index is 352. The molecule has 0 saturated carbocycles. The van der Waals surface area contributed by atoms with Crippen molar-refractivity contribution in [3.63, 3.8) is 0 Å². The normalized spacial score (nSPS) is 11.0. The number of hydrogen-bond donors (Lipinski definition) is 0. The fraction of sp³-hybridized carbons (Fsp3) is 0.636. The van der Waals surface area contributed by atoms with Crippen LogP contribution in [0.5, 0.6) is 0 Å². The number of aromatic nitrogens is 1. The summed E-state index contributed by atoms with van der Waals surface area (Å²) in [5.74, 6) is 0.281. The Morgan fingerprint density at radius 3 is 2.27 bits per heavy atom. The standard InChI is InChI=1S/C11H18NOS.BrH/c1-8-9(2)14-7-12(8)6-10(13)11(3,4)5;/h7H,6H2,1-5H3;1H/q+1;/p-1.